The maximum atomic E-state index is 14.9. The number of aromatic amines is 1. The average molecular weight is 595 g/mol. The molecule has 0 saturated heterocycles. The highest BCUT2D eigenvalue weighted by Crippen LogP contribution is 2.26. The number of fused-ring (bicyclic) bond motifs is 1. The second kappa shape index (κ2) is 14.9. The van der Waals surface area contributed by atoms with E-state index in [1.165, 1.54) is 6.07 Å². The van der Waals surface area contributed by atoms with Gasteiger partial charge in [-0.2, -0.15) is 0 Å². The minimum Gasteiger partial charge on any atom is -0.508 e. The van der Waals surface area contributed by atoms with Crippen LogP contribution in [0.25, 0.3) is 27.5 Å². The SMILES string of the molecule is [N-]=[N+]=NCCCCCCCCOc1ccc(Cc2nc3c(Cc4ccccc4)[nH]c(-c4ccc(O)cc4)cn-3c2=O)cc1F. The Morgan fingerprint density at radius 1 is 0.932 bits per heavy atom. The minimum absolute atomic E-state index is 0.157. The smallest absolute Gasteiger partial charge is 0.278 e. The van der Waals surface area contributed by atoms with E-state index in [1.807, 2.05) is 30.3 Å². The van der Waals surface area contributed by atoms with Crippen molar-refractivity contribution in [3.8, 4) is 28.6 Å². The number of nitrogens with one attached hydrogen (secondary N) is 1. The van der Waals surface area contributed by atoms with E-state index in [9.17, 15) is 14.3 Å². The highest BCUT2D eigenvalue weighted by Gasteiger charge is 2.21. The Bertz CT molecular complexity index is 1740. The van der Waals surface area contributed by atoms with Crippen molar-refractivity contribution in [1.29, 1.82) is 0 Å². The lowest BCUT2D eigenvalue weighted by molar-refractivity contribution is 0.290. The number of ether oxygens (including phenoxy) is 1. The van der Waals surface area contributed by atoms with Gasteiger partial charge in [-0.1, -0.05) is 67.2 Å². The Hall–Kier alpha value is -5.08. The molecule has 9 nitrogen and oxygen atoms in total. The molecule has 2 N–H and O–H groups in total. The Balaban J connectivity index is 1.28. The van der Waals surface area contributed by atoms with Crippen LogP contribution in [-0.4, -0.2) is 32.8 Å². The van der Waals surface area contributed by atoms with Crippen LogP contribution >= 0.6 is 0 Å². The van der Waals surface area contributed by atoms with E-state index >= 15 is 0 Å². The van der Waals surface area contributed by atoms with Crippen molar-refractivity contribution < 1.29 is 14.2 Å². The summed E-state index contributed by atoms with van der Waals surface area (Å²) < 4.78 is 22.1. The van der Waals surface area contributed by atoms with E-state index in [-0.39, 0.29) is 23.5 Å². The summed E-state index contributed by atoms with van der Waals surface area (Å²) in [5, 5.41) is 13.3. The van der Waals surface area contributed by atoms with Crippen LogP contribution in [0.5, 0.6) is 11.5 Å². The monoisotopic (exact) mass is 594 g/mol. The number of hydrogen-bond acceptors (Lipinski definition) is 5. The van der Waals surface area contributed by atoms with E-state index in [1.54, 1.807) is 47.2 Å². The zero-order valence-electron chi connectivity index (χ0n) is 24.5. The van der Waals surface area contributed by atoms with E-state index in [4.69, 9.17) is 15.3 Å². The Labute approximate surface area is 255 Å². The van der Waals surface area contributed by atoms with Gasteiger partial charge in [0.2, 0.25) is 0 Å². The summed E-state index contributed by atoms with van der Waals surface area (Å²) in [5.74, 6) is 0.403. The third-order valence-corrected chi connectivity index (χ3v) is 7.49. The van der Waals surface area contributed by atoms with Gasteiger partial charge in [0.25, 0.3) is 5.56 Å². The number of halogens is 1. The van der Waals surface area contributed by atoms with Gasteiger partial charge in [-0.3, -0.25) is 9.36 Å². The van der Waals surface area contributed by atoms with E-state index < -0.39 is 5.82 Å². The molecule has 2 heterocycles. The molecule has 0 aliphatic carbocycles. The van der Waals surface area contributed by atoms with Gasteiger partial charge in [-0.25, -0.2) is 9.37 Å². The highest BCUT2D eigenvalue weighted by molar-refractivity contribution is 5.61. The molecule has 0 saturated carbocycles. The van der Waals surface area contributed by atoms with Gasteiger partial charge in [0.15, 0.2) is 17.4 Å². The number of hydrogen-bond donors (Lipinski definition) is 2. The molecule has 5 rings (SSSR count). The molecule has 226 valence electrons. The van der Waals surface area contributed by atoms with Crippen LogP contribution in [0, 0.1) is 5.82 Å². The van der Waals surface area contributed by atoms with Crippen molar-refractivity contribution in [2.75, 3.05) is 13.2 Å². The molecule has 0 amide bonds. The van der Waals surface area contributed by atoms with E-state index in [2.05, 4.69) is 15.0 Å². The molecule has 10 heteroatoms. The normalized spacial score (nSPS) is 11.0. The van der Waals surface area contributed by atoms with Gasteiger partial charge in [-0.15, -0.1) is 0 Å². The maximum absolute atomic E-state index is 14.9. The number of aromatic nitrogens is 3. The van der Waals surface area contributed by atoms with Crippen molar-refractivity contribution in [1.82, 2.24) is 14.5 Å². The summed E-state index contributed by atoms with van der Waals surface area (Å²) in [6.45, 7) is 0.966. The molecule has 0 spiro atoms. The quantitative estimate of drug-likeness (QED) is 0.0556. The summed E-state index contributed by atoms with van der Waals surface area (Å²) in [4.78, 5) is 24.5. The largest absolute Gasteiger partial charge is 0.508 e. The number of nitrogens with zero attached hydrogens (tertiary/aromatic N) is 5. The lowest BCUT2D eigenvalue weighted by atomic mass is 10.1. The topological polar surface area (TPSA) is 129 Å². The van der Waals surface area contributed by atoms with Gasteiger partial charge < -0.3 is 14.8 Å². The van der Waals surface area contributed by atoms with E-state index in [0.29, 0.717) is 42.3 Å². The van der Waals surface area contributed by atoms with Crippen LogP contribution in [0.1, 0.15) is 61.0 Å². The number of unbranched alkanes of at least 4 members (excludes halogenated alkanes) is 5. The van der Waals surface area contributed by atoms with Crippen LogP contribution in [-0.2, 0) is 12.8 Å². The molecule has 0 fully saturated rings. The van der Waals surface area contributed by atoms with Crippen LogP contribution in [0.15, 0.2) is 88.9 Å². The average Bonchev–Trinajstić information content (AvgIpc) is 3.34. The predicted octanol–water partition coefficient (Wildman–Crippen LogP) is 7.72. The van der Waals surface area contributed by atoms with Crippen LogP contribution in [0.3, 0.4) is 0 Å². The fourth-order valence-electron chi connectivity index (χ4n) is 5.19. The van der Waals surface area contributed by atoms with Gasteiger partial charge in [0.1, 0.15) is 11.4 Å². The number of phenols is 1. The summed E-state index contributed by atoms with van der Waals surface area (Å²) >= 11 is 0. The summed E-state index contributed by atoms with van der Waals surface area (Å²) in [5.41, 5.74) is 12.3. The molecule has 2 aliphatic rings. The lowest BCUT2D eigenvalue weighted by Crippen LogP contribution is -2.18. The van der Waals surface area contributed by atoms with Gasteiger partial charge in [0, 0.05) is 30.5 Å². The maximum Gasteiger partial charge on any atom is 0.278 e. The molecule has 2 aliphatic heterocycles. The van der Waals surface area contributed by atoms with Gasteiger partial charge in [0.05, 0.1) is 18.0 Å². The van der Waals surface area contributed by atoms with Crippen molar-refractivity contribution >= 4 is 0 Å². The van der Waals surface area contributed by atoms with Crippen LogP contribution in [0.2, 0.25) is 0 Å². The van der Waals surface area contributed by atoms with Gasteiger partial charge >= 0.3 is 0 Å². The van der Waals surface area contributed by atoms with Crippen LogP contribution < -0.4 is 10.3 Å². The molecule has 0 atom stereocenters. The molecule has 0 radical (unpaired) electrons. The molecular weight excluding hydrogens is 559 g/mol. The minimum atomic E-state index is -0.468. The number of phenolic OH excluding ortho intramolecular Hbond substituents is 1. The lowest BCUT2D eigenvalue weighted by Gasteiger charge is -2.13. The molecular formula is C34H35FN6O3. The zero-order valence-corrected chi connectivity index (χ0v) is 24.5. The zero-order chi connectivity index (χ0) is 30.7. The number of benzene rings is 3. The first-order chi connectivity index (χ1) is 21.5. The highest BCUT2D eigenvalue weighted by atomic mass is 19.1. The molecule has 44 heavy (non-hydrogen) atoms. The summed E-state index contributed by atoms with van der Waals surface area (Å²) in [6, 6.07) is 21.5. The van der Waals surface area contributed by atoms with Crippen molar-refractivity contribution in [3.63, 3.8) is 0 Å². The van der Waals surface area contributed by atoms with Crippen molar-refractivity contribution in [2.24, 2.45) is 5.11 Å². The number of rotatable bonds is 15. The molecule has 0 aromatic heterocycles. The first-order valence-corrected chi connectivity index (χ1v) is 14.9. The standard InChI is InChI=1S/C34H35FN6O3/c35-28-20-25(12-17-32(28)44-19-9-4-2-1-3-8-18-37-40-36)22-30-34(43)41-23-31(26-13-15-27(42)16-14-26)38-29(33(41)39-30)21-24-10-6-5-7-11-24/h5-7,10-17,20,23,38,42H,1-4,8-9,18-19,21-22H2. The Morgan fingerprint density at radius 2 is 1.68 bits per heavy atom. The third-order valence-electron chi connectivity index (χ3n) is 7.49. The first kappa shape index (κ1) is 30.4. The van der Waals surface area contributed by atoms with Gasteiger partial charge in [-0.05, 0) is 71.5 Å². The fraction of sp³-hybridized carbons (Fsp3) is 0.294. The number of aromatic hydroxyl groups is 1. The second-order valence-corrected chi connectivity index (χ2v) is 10.8. The molecule has 0 bridgehead atoms. The van der Waals surface area contributed by atoms with Crippen LogP contribution in [0.4, 0.5) is 4.39 Å². The third kappa shape index (κ3) is 7.85. The van der Waals surface area contributed by atoms with E-state index in [0.717, 1.165) is 55.3 Å². The first-order valence-electron chi connectivity index (χ1n) is 14.9. The summed E-state index contributed by atoms with van der Waals surface area (Å²) in [7, 11) is 0. The number of azide groups is 1. The number of H-pyrrole nitrogens is 1. The number of imidazole rings is 1. The Morgan fingerprint density at radius 3 is 2.43 bits per heavy atom. The van der Waals surface area contributed by atoms with Crippen molar-refractivity contribution in [3.05, 3.63) is 128 Å². The Kier molecular flexibility index (Phi) is 10.3. The molecule has 0 unspecified atom stereocenters. The molecule has 3 aromatic rings. The van der Waals surface area contributed by atoms with Crippen molar-refractivity contribution in [2.45, 2.75) is 51.4 Å². The molecule has 3 aromatic carbocycles. The predicted molar refractivity (Wildman–Crippen MR) is 168 cm³/mol. The fourth-order valence-corrected chi connectivity index (χ4v) is 5.19. The summed E-state index contributed by atoms with van der Waals surface area (Å²) in [6.07, 6.45) is 8.29. The second-order valence-electron chi connectivity index (χ2n) is 10.8.